The van der Waals surface area contributed by atoms with Gasteiger partial charge in [-0.25, -0.2) is 0 Å². The monoisotopic (exact) mass is 332 g/mol. The molecule has 25 heavy (non-hydrogen) atoms. The van der Waals surface area contributed by atoms with E-state index in [-0.39, 0.29) is 5.97 Å². The van der Waals surface area contributed by atoms with Crippen LogP contribution < -0.4 is 0 Å². The molecule has 0 bridgehead atoms. The lowest BCUT2D eigenvalue weighted by molar-refractivity contribution is -0.143. The molecule has 0 amide bonds. The van der Waals surface area contributed by atoms with Crippen LogP contribution in [0.3, 0.4) is 0 Å². The fourth-order valence-corrected chi connectivity index (χ4v) is 3.75. The van der Waals surface area contributed by atoms with Gasteiger partial charge in [0, 0.05) is 17.2 Å². The quantitative estimate of drug-likeness (QED) is 0.405. The molecule has 4 aromatic carbocycles. The summed E-state index contributed by atoms with van der Waals surface area (Å²) in [5.74, 6) is 0.140. The molecule has 0 aliphatic carbocycles. The summed E-state index contributed by atoms with van der Waals surface area (Å²) in [5, 5.41) is 17.2. The van der Waals surface area contributed by atoms with Crippen LogP contribution in [0.25, 0.3) is 32.3 Å². The van der Waals surface area contributed by atoms with Crippen molar-refractivity contribution in [3.8, 4) is 5.75 Å². The highest BCUT2D eigenvalue weighted by atomic mass is 16.5. The van der Waals surface area contributed by atoms with E-state index in [0.29, 0.717) is 25.2 Å². The number of ether oxygens (including phenoxy) is 1. The minimum atomic E-state index is -0.163. The number of carbonyl (C=O) groups excluding carboxylic acids is 1. The molecule has 0 saturated heterocycles. The van der Waals surface area contributed by atoms with E-state index in [1.54, 1.807) is 0 Å². The van der Waals surface area contributed by atoms with Crippen LogP contribution >= 0.6 is 0 Å². The average molecular weight is 332 g/mol. The summed E-state index contributed by atoms with van der Waals surface area (Å²) < 4.78 is 5.00. The predicted molar refractivity (Wildman–Crippen MR) is 101 cm³/mol. The minimum Gasteiger partial charge on any atom is -0.507 e. The summed E-state index contributed by atoms with van der Waals surface area (Å²) in [6.07, 6.45) is 1.85. The van der Waals surface area contributed by atoms with Crippen LogP contribution in [0.4, 0.5) is 0 Å². The zero-order valence-corrected chi connectivity index (χ0v) is 14.2. The fourth-order valence-electron chi connectivity index (χ4n) is 3.75. The first-order valence-electron chi connectivity index (χ1n) is 8.73. The minimum absolute atomic E-state index is 0.163. The van der Waals surface area contributed by atoms with Gasteiger partial charge in [-0.15, -0.1) is 0 Å². The molecular weight excluding hydrogens is 312 g/mol. The molecule has 126 valence electrons. The van der Waals surface area contributed by atoms with Crippen LogP contribution in [0.1, 0.15) is 25.3 Å². The van der Waals surface area contributed by atoms with Crippen molar-refractivity contribution in [1.29, 1.82) is 0 Å². The first-order chi connectivity index (χ1) is 12.2. The predicted octanol–water partition coefficient (Wildman–Crippen LogP) is 5.18. The summed E-state index contributed by atoms with van der Waals surface area (Å²) in [7, 11) is 0. The van der Waals surface area contributed by atoms with E-state index in [1.807, 2.05) is 19.1 Å². The average Bonchev–Trinajstić information content (AvgIpc) is 2.61. The van der Waals surface area contributed by atoms with Crippen molar-refractivity contribution in [3.63, 3.8) is 0 Å². The molecule has 0 aliphatic rings. The smallest absolute Gasteiger partial charge is 0.305 e. The lowest BCUT2D eigenvalue weighted by Crippen LogP contribution is -2.04. The molecule has 4 rings (SSSR count). The Kier molecular flexibility index (Phi) is 3.92. The van der Waals surface area contributed by atoms with Gasteiger partial charge in [-0.1, -0.05) is 42.5 Å². The van der Waals surface area contributed by atoms with Crippen molar-refractivity contribution in [1.82, 2.24) is 0 Å². The van der Waals surface area contributed by atoms with Gasteiger partial charge >= 0.3 is 5.97 Å². The zero-order valence-electron chi connectivity index (χ0n) is 14.2. The number of rotatable bonds is 5. The molecule has 0 radical (unpaired) electrons. The molecule has 0 heterocycles. The van der Waals surface area contributed by atoms with E-state index in [4.69, 9.17) is 4.74 Å². The summed E-state index contributed by atoms with van der Waals surface area (Å²) in [4.78, 5) is 11.6. The highest BCUT2D eigenvalue weighted by molar-refractivity contribution is 6.24. The second kappa shape index (κ2) is 6.25. The third-order valence-corrected chi connectivity index (χ3v) is 4.84. The van der Waals surface area contributed by atoms with Crippen LogP contribution in [0.15, 0.2) is 48.5 Å². The first kappa shape index (κ1) is 15.7. The summed E-state index contributed by atoms with van der Waals surface area (Å²) in [6.45, 7) is 2.23. The van der Waals surface area contributed by atoms with Crippen LogP contribution in [-0.2, 0) is 16.0 Å². The van der Waals surface area contributed by atoms with Crippen molar-refractivity contribution >= 4 is 38.3 Å². The fraction of sp³-hybridized carbons (Fsp3) is 0.227. The van der Waals surface area contributed by atoms with Gasteiger partial charge in [-0.2, -0.15) is 0 Å². The van der Waals surface area contributed by atoms with Gasteiger partial charge in [-0.05, 0) is 52.9 Å². The molecule has 0 unspecified atom stereocenters. The number of aromatic hydroxyl groups is 1. The standard InChI is InChI=1S/C22H20O3/c1-2-25-20(24)8-4-7-16-13-19(23)18-12-10-15-6-3-5-14-9-11-17(16)22(18)21(14)15/h3,5-6,9-13,23H,2,4,7-8H2,1H3. The van der Waals surface area contributed by atoms with Crippen molar-refractivity contribution in [2.24, 2.45) is 0 Å². The molecule has 0 saturated carbocycles. The largest absolute Gasteiger partial charge is 0.507 e. The molecule has 0 aromatic heterocycles. The summed E-state index contributed by atoms with van der Waals surface area (Å²) >= 11 is 0. The van der Waals surface area contributed by atoms with E-state index in [9.17, 15) is 9.90 Å². The number of hydrogen-bond donors (Lipinski definition) is 1. The van der Waals surface area contributed by atoms with Gasteiger partial charge < -0.3 is 9.84 Å². The molecule has 3 heteroatoms. The molecule has 0 spiro atoms. The Morgan fingerprint density at radius 1 is 1.00 bits per heavy atom. The van der Waals surface area contributed by atoms with E-state index < -0.39 is 0 Å². The normalized spacial score (nSPS) is 11.6. The number of carbonyl (C=O) groups is 1. The van der Waals surface area contributed by atoms with Crippen molar-refractivity contribution in [2.75, 3.05) is 6.61 Å². The number of esters is 1. The topological polar surface area (TPSA) is 46.5 Å². The third-order valence-electron chi connectivity index (χ3n) is 4.84. The molecule has 0 aliphatic heterocycles. The van der Waals surface area contributed by atoms with Crippen molar-refractivity contribution < 1.29 is 14.6 Å². The SMILES string of the molecule is CCOC(=O)CCCc1cc(O)c2ccc3cccc4ccc1c2c34. The molecule has 0 fully saturated rings. The molecule has 0 atom stereocenters. The highest BCUT2D eigenvalue weighted by Gasteiger charge is 2.14. The van der Waals surface area contributed by atoms with Crippen LogP contribution in [-0.4, -0.2) is 17.7 Å². The lowest BCUT2D eigenvalue weighted by Gasteiger charge is -2.15. The van der Waals surface area contributed by atoms with E-state index in [2.05, 4.69) is 36.4 Å². The highest BCUT2D eigenvalue weighted by Crippen LogP contribution is 2.40. The number of phenols is 1. The first-order valence-corrected chi connectivity index (χ1v) is 8.73. The third kappa shape index (κ3) is 2.66. The number of hydrogen-bond acceptors (Lipinski definition) is 3. The van der Waals surface area contributed by atoms with Gasteiger partial charge in [0.1, 0.15) is 5.75 Å². The van der Waals surface area contributed by atoms with Gasteiger partial charge in [0.05, 0.1) is 6.61 Å². The Hall–Kier alpha value is -2.81. The molecular formula is C22H20O3. The lowest BCUT2D eigenvalue weighted by atomic mass is 9.90. The maximum absolute atomic E-state index is 11.6. The van der Waals surface area contributed by atoms with Gasteiger partial charge in [-0.3, -0.25) is 4.79 Å². The zero-order chi connectivity index (χ0) is 17.4. The number of benzene rings is 4. The molecule has 3 nitrogen and oxygen atoms in total. The molecule has 1 N–H and O–H groups in total. The van der Waals surface area contributed by atoms with Crippen LogP contribution in [0.5, 0.6) is 5.75 Å². The van der Waals surface area contributed by atoms with Crippen LogP contribution in [0.2, 0.25) is 0 Å². The number of aryl methyl sites for hydroxylation is 1. The van der Waals surface area contributed by atoms with Crippen molar-refractivity contribution in [2.45, 2.75) is 26.2 Å². The Bertz CT molecular complexity index is 1050. The maximum Gasteiger partial charge on any atom is 0.305 e. The van der Waals surface area contributed by atoms with E-state index in [0.717, 1.165) is 28.1 Å². The maximum atomic E-state index is 11.6. The second-order valence-corrected chi connectivity index (χ2v) is 6.39. The Labute approximate surface area is 146 Å². The summed E-state index contributed by atoms with van der Waals surface area (Å²) in [6, 6.07) is 16.4. The molecule has 4 aromatic rings. The Balaban J connectivity index is 1.81. The second-order valence-electron chi connectivity index (χ2n) is 6.39. The van der Waals surface area contributed by atoms with Gasteiger partial charge in [0.25, 0.3) is 0 Å². The Morgan fingerprint density at radius 3 is 2.44 bits per heavy atom. The van der Waals surface area contributed by atoms with Gasteiger partial charge in [0.2, 0.25) is 0 Å². The van der Waals surface area contributed by atoms with Crippen molar-refractivity contribution in [3.05, 3.63) is 54.1 Å². The van der Waals surface area contributed by atoms with E-state index in [1.165, 1.54) is 16.2 Å². The van der Waals surface area contributed by atoms with Gasteiger partial charge in [0.15, 0.2) is 0 Å². The number of phenolic OH excluding ortho intramolecular Hbond substituents is 1. The van der Waals surface area contributed by atoms with Crippen LogP contribution in [0, 0.1) is 0 Å². The Morgan fingerprint density at radius 2 is 1.72 bits per heavy atom. The van der Waals surface area contributed by atoms with E-state index >= 15 is 0 Å². The summed E-state index contributed by atoms with van der Waals surface area (Å²) in [5.41, 5.74) is 1.08.